The molecule has 12 heteroatoms. The molecule has 2 saturated heterocycles. The number of primary sulfonamides is 1. The van der Waals surface area contributed by atoms with E-state index < -0.39 is 22.6 Å². The van der Waals surface area contributed by atoms with Gasteiger partial charge in [-0.15, -0.1) is 11.3 Å². The Balaban J connectivity index is 1.25. The summed E-state index contributed by atoms with van der Waals surface area (Å²) in [5.74, 6) is 0.550. The highest BCUT2D eigenvalue weighted by molar-refractivity contribution is 7.88. The van der Waals surface area contributed by atoms with Crippen LogP contribution in [0.15, 0.2) is 36.7 Å². The van der Waals surface area contributed by atoms with Gasteiger partial charge in [0.1, 0.15) is 17.0 Å². The molecular weight excluding hydrogens is 499 g/mol. The Kier molecular flexibility index (Phi) is 6.27. The van der Waals surface area contributed by atoms with Crippen molar-refractivity contribution >= 4 is 37.4 Å². The average molecular weight is 526 g/mol. The number of benzene rings is 1. The van der Waals surface area contributed by atoms with Crippen LogP contribution in [0, 0.1) is 5.41 Å². The SMILES string of the molecule is NS(=O)(=O)Cc1ccc(CN2CCC3(CCN(c4ncnc5sc(CC(F)(F)F)cc45)C3)C2)cc1. The summed E-state index contributed by atoms with van der Waals surface area (Å²) in [5.41, 5.74) is 1.90. The summed E-state index contributed by atoms with van der Waals surface area (Å²) >= 11 is 1.08. The van der Waals surface area contributed by atoms with Gasteiger partial charge in [-0.05, 0) is 36.6 Å². The van der Waals surface area contributed by atoms with Gasteiger partial charge in [0.15, 0.2) is 0 Å². The zero-order chi connectivity index (χ0) is 24.8. The van der Waals surface area contributed by atoms with Gasteiger partial charge >= 0.3 is 6.18 Å². The molecule has 2 N–H and O–H groups in total. The van der Waals surface area contributed by atoms with E-state index in [2.05, 4.69) is 19.8 Å². The lowest BCUT2D eigenvalue weighted by atomic mass is 9.86. The zero-order valence-corrected chi connectivity index (χ0v) is 20.6. The lowest BCUT2D eigenvalue weighted by Crippen LogP contribution is -2.31. The van der Waals surface area contributed by atoms with E-state index in [0.717, 1.165) is 68.3 Å². The Morgan fingerprint density at radius 1 is 1.06 bits per heavy atom. The number of anilines is 1. The maximum atomic E-state index is 12.9. The minimum Gasteiger partial charge on any atom is -0.355 e. The first-order chi connectivity index (χ1) is 16.5. The zero-order valence-electron chi connectivity index (χ0n) is 19.0. The molecule has 0 bridgehead atoms. The Morgan fingerprint density at radius 3 is 2.49 bits per heavy atom. The molecule has 188 valence electrons. The molecule has 35 heavy (non-hydrogen) atoms. The average Bonchev–Trinajstić information content (AvgIpc) is 3.45. The van der Waals surface area contributed by atoms with Crippen molar-refractivity contribution < 1.29 is 21.6 Å². The second-order valence-electron chi connectivity index (χ2n) is 9.68. The predicted molar refractivity (Wildman–Crippen MR) is 130 cm³/mol. The Hall–Kier alpha value is -2.28. The van der Waals surface area contributed by atoms with Crippen LogP contribution in [-0.2, 0) is 28.7 Å². The summed E-state index contributed by atoms with van der Waals surface area (Å²) in [6.07, 6.45) is -1.71. The largest absolute Gasteiger partial charge is 0.393 e. The van der Waals surface area contributed by atoms with Crippen molar-refractivity contribution in [3.05, 3.63) is 52.7 Å². The number of hydrogen-bond donors (Lipinski definition) is 1. The normalized spacial score (nSPS) is 21.5. The quantitative estimate of drug-likeness (QED) is 0.528. The summed E-state index contributed by atoms with van der Waals surface area (Å²) in [7, 11) is -3.55. The van der Waals surface area contributed by atoms with Gasteiger partial charge in [-0.2, -0.15) is 13.2 Å². The monoisotopic (exact) mass is 525 g/mol. The standard InChI is InChI=1S/C23H26F3N5O2S2/c24-23(25,26)10-18-9-19-20(28-15-29-21(19)34-18)31-8-6-22(14-31)5-7-30(13-22)11-16-1-3-17(4-2-16)12-35(27,32)33/h1-4,9,15H,5-8,10-14H2,(H2,27,32,33). The van der Waals surface area contributed by atoms with Gasteiger partial charge < -0.3 is 4.90 Å². The van der Waals surface area contributed by atoms with E-state index in [1.807, 2.05) is 12.1 Å². The van der Waals surface area contributed by atoms with Crippen LogP contribution in [0.1, 0.15) is 28.8 Å². The molecule has 5 rings (SSSR count). The van der Waals surface area contributed by atoms with E-state index in [1.165, 1.54) is 6.33 Å². The molecule has 4 heterocycles. The molecule has 2 aliphatic heterocycles. The van der Waals surface area contributed by atoms with Crippen molar-refractivity contribution in [3.8, 4) is 0 Å². The summed E-state index contributed by atoms with van der Waals surface area (Å²) in [6, 6.07) is 9.08. The van der Waals surface area contributed by atoms with Crippen molar-refractivity contribution in [2.75, 3.05) is 31.1 Å². The van der Waals surface area contributed by atoms with E-state index in [4.69, 9.17) is 5.14 Å². The molecule has 7 nitrogen and oxygen atoms in total. The number of halogens is 3. The van der Waals surface area contributed by atoms with Crippen LogP contribution in [-0.4, -0.2) is 55.6 Å². The fourth-order valence-corrected chi connectivity index (χ4v) is 6.95. The van der Waals surface area contributed by atoms with Crippen LogP contribution in [0.3, 0.4) is 0 Å². The van der Waals surface area contributed by atoms with E-state index in [1.54, 1.807) is 18.2 Å². The van der Waals surface area contributed by atoms with Crippen LogP contribution < -0.4 is 10.0 Å². The number of rotatable bonds is 6. The molecule has 2 aliphatic rings. The number of nitrogens with two attached hydrogens (primary N) is 1. The number of nitrogens with zero attached hydrogens (tertiary/aromatic N) is 4. The number of alkyl halides is 3. The minimum absolute atomic E-state index is 0.121. The van der Waals surface area contributed by atoms with Crippen molar-refractivity contribution in [2.24, 2.45) is 10.6 Å². The van der Waals surface area contributed by atoms with E-state index in [0.29, 0.717) is 15.8 Å². The fraction of sp³-hybridized carbons (Fsp3) is 0.478. The Morgan fingerprint density at radius 2 is 1.77 bits per heavy atom. The third-order valence-electron chi connectivity index (χ3n) is 6.79. The van der Waals surface area contributed by atoms with Gasteiger partial charge in [0, 0.05) is 36.5 Å². The number of thiophene rings is 1. The van der Waals surface area contributed by atoms with Crippen LogP contribution in [0.5, 0.6) is 0 Å². The topological polar surface area (TPSA) is 92.4 Å². The molecule has 0 saturated carbocycles. The lowest BCUT2D eigenvalue weighted by Gasteiger charge is -2.25. The first-order valence-electron chi connectivity index (χ1n) is 11.3. The second kappa shape index (κ2) is 8.99. The van der Waals surface area contributed by atoms with Crippen LogP contribution >= 0.6 is 11.3 Å². The number of fused-ring (bicyclic) bond motifs is 1. The highest BCUT2D eigenvalue weighted by atomic mass is 32.2. The first kappa shape index (κ1) is 24.4. The fourth-order valence-electron chi connectivity index (χ4n) is 5.27. The molecule has 2 fully saturated rings. The highest BCUT2D eigenvalue weighted by Gasteiger charge is 2.44. The van der Waals surface area contributed by atoms with Gasteiger partial charge in [0.2, 0.25) is 10.0 Å². The van der Waals surface area contributed by atoms with Crippen molar-refractivity contribution in [1.82, 2.24) is 14.9 Å². The van der Waals surface area contributed by atoms with Crippen LogP contribution in [0.4, 0.5) is 19.0 Å². The Bertz CT molecular complexity index is 1330. The molecule has 1 aromatic carbocycles. The van der Waals surface area contributed by atoms with E-state index in [9.17, 15) is 21.6 Å². The molecule has 0 aliphatic carbocycles. The molecule has 1 atom stereocenters. The summed E-state index contributed by atoms with van der Waals surface area (Å²) in [4.78, 5) is 14.1. The molecule has 2 aromatic heterocycles. The summed E-state index contributed by atoms with van der Waals surface area (Å²) < 4.78 is 61.2. The summed E-state index contributed by atoms with van der Waals surface area (Å²) in [5, 5.41) is 5.82. The van der Waals surface area contributed by atoms with Gasteiger partial charge in [0.05, 0.1) is 17.6 Å². The van der Waals surface area contributed by atoms with Gasteiger partial charge in [0.25, 0.3) is 0 Å². The molecule has 0 radical (unpaired) electrons. The maximum absolute atomic E-state index is 12.9. The number of hydrogen-bond acceptors (Lipinski definition) is 7. The molecule has 1 unspecified atom stereocenters. The van der Waals surface area contributed by atoms with Crippen molar-refractivity contribution in [2.45, 2.75) is 37.7 Å². The number of likely N-dealkylation sites (tertiary alicyclic amines) is 1. The predicted octanol–water partition coefficient (Wildman–Crippen LogP) is 3.69. The summed E-state index contributed by atoms with van der Waals surface area (Å²) in [6.45, 7) is 4.29. The molecule has 1 spiro atoms. The number of aromatic nitrogens is 2. The van der Waals surface area contributed by atoms with E-state index in [-0.39, 0.29) is 16.0 Å². The minimum atomic E-state index is -4.25. The molecular formula is C23H26F3N5O2S2. The van der Waals surface area contributed by atoms with Crippen LogP contribution in [0.25, 0.3) is 10.2 Å². The molecule has 0 amide bonds. The van der Waals surface area contributed by atoms with E-state index >= 15 is 0 Å². The highest BCUT2D eigenvalue weighted by Crippen LogP contribution is 2.43. The third-order valence-corrected chi connectivity index (χ3v) is 8.57. The maximum Gasteiger partial charge on any atom is 0.393 e. The lowest BCUT2D eigenvalue weighted by molar-refractivity contribution is -0.126. The second-order valence-corrected chi connectivity index (χ2v) is 12.4. The van der Waals surface area contributed by atoms with Gasteiger partial charge in [-0.25, -0.2) is 23.5 Å². The van der Waals surface area contributed by atoms with Crippen molar-refractivity contribution in [1.29, 1.82) is 0 Å². The third kappa shape index (κ3) is 5.76. The molecule has 3 aromatic rings. The van der Waals surface area contributed by atoms with Gasteiger partial charge in [-0.1, -0.05) is 24.3 Å². The smallest absolute Gasteiger partial charge is 0.355 e. The first-order valence-corrected chi connectivity index (χ1v) is 13.9. The van der Waals surface area contributed by atoms with Crippen LogP contribution in [0.2, 0.25) is 0 Å². The Labute approximate surface area is 205 Å². The van der Waals surface area contributed by atoms with Crippen molar-refractivity contribution in [3.63, 3.8) is 0 Å². The number of sulfonamides is 1. The van der Waals surface area contributed by atoms with Gasteiger partial charge in [-0.3, -0.25) is 4.90 Å².